The van der Waals surface area contributed by atoms with Crippen LogP contribution in [0.25, 0.3) is 10.8 Å². The molecule has 0 spiro atoms. The second-order valence-electron chi connectivity index (χ2n) is 6.36. The van der Waals surface area contributed by atoms with Crippen LogP contribution in [0.4, 0.5) is 0 Å². The van der Waals surface area contributed by atoms with Gasteiger partial charge in [-0.2, -0.15) is 0 Å². The molecule has 0 fully saturated rings. The van der Waals surface area contributed by atoms with Gasteiger partial charge in [0.05, 0.1) is 6.61 Å². The van der Waals surface area contributed by atoms with E-state index in [0.29, 0.717) is 0 Å². The lowest BCUT2D eigenvalue weighted by Gasteiger charge is -2.29. The van der Waals surface area contributed by atoms with Crippen molar-refractivity contribution in [2.45, 2.75) is 32.6 Å². The highest BCUT2D eigenvalue weighted by Crippen LogP contribution is 2.35. The maximum Gasteiger partial charge on any atom is 0.0587 e. The van der Waals surface area contributed by atoms with Crippen molar-refractivity contribution in [2.24, 2.45) is 0 Å². The fraction of sp³-hybridized carbons (Fsp3) is 0.474. The van der Waals surface area contributed by atoms with Crippen molar-refractivity contribution < 1.29 is 4.74 Å². The average Bonchev–Trinajstić information content (AvgIpc) is 2.46. The van der Waals surface area contributed by atoms with Gasteiger partial charge in [0.2, 0.25) is 0 Å². The number of methoxy groups -OCH3 is 1. The molecular weight excluding hydrogens is 258 g/mol. The van der Waals surface area contributed by atoms with Gasteiger partial charge < -0.3 is 10.1 Å². The van der Waals surface area contributed by atoms with E-state index in [1.54, 1.807) is 7.11 Å². The Labute approximate surface area is 128 Å². The molecule has 2 heteroatoms. The standard InChI is InChI=1S/C19H27NO/c1-15-9-10-16-7-5-6-8-17(16)18(15)19(2,3)11-12-20-13-14-21-4/h5-10,20H,11-14H2,1-4H3. The van der Waals surface area contributed by atoms with Crippen molar-refractivity contribution in [3.8, 4) is 0 Å². The summed E-state index contributed by atoms with van der Waals surface area (Å²) in [6, 6.07) is 13.2. The van der Waals surface area contributed by atoms with Crippen molar-refractivity contribution in [3.05, 3.63) is 47.5 Å². The average molecular weight is 285 g/mol. The molecule has 1 N–H and O–H groups in total. The summed E-state index contributed by atoms with van der Waals surface area (Å²) in [5.74, 6) is 0. The van der Waals surface area contributed by atoms with Gasteiger partial charge in [-0.25, -0.2) is 0 Å². The molecule has 2 aromatic rings. The van der Waals surface area contributed by atoms with E-state index in [9.17, 15) is 0 Å². The van der Waals surface area contributed by atoms with Gasteiger partial charge >= 0.3 is 0 Å². The van der Waals surface area contributed by atoms with Gasteiger partial charge in [-0.3, -0.25) is 0 Å². The fourth-order valence-corrected chi connectivity index (χ4v) is 3.10. The maximum atomic E-state index is 5.07. The predicted molar refractivity (Wildman–Crippen MR) is 91.1 cm³/mol. The molecule has 0 aliphatic rings. The molecule has 0 radical (unpaired) electrons. The Morgan fingerprint density at radius 3 is 2.57 bits per heavy atom. The topological polar surface area (TPSA) is 21.3 Å². The van der Waals surface area contributed by atoms with Crippen molar-refractivity contribution in [3.63, 3.8) is 0 Å². The minimum atomic E-state index is 0.158. The zero-order chi connectivity index (χ0) is 15.3. The molecule has 2 aromatic carbocycles. The number of ether oxygens (including phenoxy) is 1. The van der Waals surface area contributed by atoms with Crippen LogP contribution in [-0.4, -0.2) is 26.8 Å². The minimum absolute atomic E-state index is 0.158. The molecule has 0 aliphatic carbocycles. The second-order valence-corrected chi connectivity index (χ2v) is 6.36. The Kier molecular flexibility index (Phi) is 5.38. The Bertz CT molecular complexity index is 589. The van der Waals surface area contributed by atoms with Crippen molar-refractivity contribution >= 4 is 10.8 Å². The van der Waals surface area contributed by atoms with Crippen LogP contribution in [0, 0.1) is 6.92 Å². The molecule has 0 saturated carbocycles. The first kappa shape index (κ1) is 16.0. The van der Waals surface area contributed by atoms with Gasteiger partial charge in [0.15, 0.2) is 0 Å². The third-order valence-corrected chi connectivity index (χ3v) is 4.22. The SMILES string of the molecule is COCCNCCC(C)(C)c1c(C)ccc2ccccc12. The molecule has 0 unspecified atom stereocenters. The highest BCUT2D eigenvalue weighted by molar-refractivity contribution is 5.87. The van der Waals surface area contributed by atoms with Crippen molar-refractivity contribution in [2.75, 3.05) is 26.8 Å². The van der Waals surface area contributed by atoms with Gasteiger partial charge in [0.25, 0.3) is 0 Å². The number of hydrogen-bond acceptors (Lipinski definition) is 2. The van der Waals surface area contributed by atoms with Gasteiger partial charge in [-0.15, -0.1) is 0 Å². The summed E-state index contributed by atoms with van der Waals surface area (Å²) in [7, 11) is 1.74. The third kappa shape index (κ3) is 3.84. The lowest BCUT2D eigenvalue weighted by Crippen LogP contribution is -2.28. The molecule has 0 heterocycles. The van der Waals surface area contributed by atoms with Crippen LogP contribution in [0.15, 0.2) is 36.4 Å². The van der Waals surface area contributed by atoms with Crippen LogP contribution in [0.1, 0.15) is 31.4 Å². The number of hydrogen-bond donors (Lipinski definition) is 1. The number of fused-ring (bicyclic) bond motifs is 1. The summed E-state index contributed by atoms with van der Waals surface area (Å²) in [5.41, 5.74) is 3.02. The van der Waals surface area contributed by atoms with E-state index < -0.39 is 0 Å². The van der Waals surface area contributed by atoms with Crippen molar-refractivity contribution in [1.82, 2.24) is 5.32 Å². The van der Waals surface area contributed by atoms with E-state index in [1.165, 1.54) is 21.9 Å². The fourth-order valence-electron chi connectivity index (χ4n) is 3.10. The molecule has 2 rings (SSSR count). The van der Waals surface area contributed by atoms with E-state index in [0.717, 1.165) is 26.1 Å². The number of nitrogens with one attached hydrogen (secondary N) is 1. The van der Waals surface area contributed by atoms with Crippen LogP contribution in [0.5, 0.6) is 0 Å². The molecule has 2 nitrogen and oxygen atoms in total. The predicted octanol–water partition coefficient (Wildman–Crippen LogP) is 4.05. The number of benzene rings is 2. The van der Waals surface area contributed by atoms with Crippen LogP contribution in [0.2, 0.25) is 0 Å². The normalized spacial score (nSPS) is 12.0. The molecule has 114 valence electrons. The monoisotopic (exact) mass is 285 g/mol. The first-order valence-corrected chi connectivity index (χ1v) is 7.75. The molecule has 0 amide bonds. The molecule has 0 saturated heterocycles. The van der Waals surface area contributed by atoms with Gasteiger partial charge in [-0.05, 0) is 47.2 Å². The molecular formula is C19H27NO. The van der Waals surface area contributed by atoms with Gasteiger partial charge in [-0.1, -0.05) is 50.2 Å². The lowest BCUT2D eigenvalue weighted by atomic mass is 9.77. The Balaban J connectivity index is 2.21. The Morgan fingerprint density at radius 2 is 1.81 bits per heavy atom. The highest BCUT2D eigenvalue weighted by atomic mass is 16.5. The highest BCUT2D eigenvalue weighted by Gasteiger charge is 2.24. The number of rotatable bonds is 7. The summed E-state index contributed by atoms with van der Waals surface area (Å²) in [4.78, 5) is 0. The summed E-state index contributed by atoms with van der Waals surface area (Å²) in [6.07, 6.45) is 1.12. The molecule has 0 atom stereocenters. The van der Waals surface area contributed by atoms with Gasteiger partial charge in [0.1, 0.15) is 0 Å². The zero-order valence-electron chi connectivity index (χ0n) is 13.7. The van der Waals surface area contributed by atoms with Crippen LogP contribution in [0.3, 0.4) is 0 Å². The summed E-state index contributed by atoms with van der Waals surface area (Å²) < 4.78 is 5.07. The first-order chi connectivity index (χ1) is 10.1. The molecule has 21 heavy (non-hydrogen) atoms. The van der Waals surface area contributed by atoms with Crippen LogP contribution >= 0.6 is 0 Å². The van der Waals surface area contributed by atoms with E-state index >= 15 is 0 Å². The lowest BCUT2D eigenvalue weighted by molar-refractivity contribution is 0.198. The second kappa shape index (κ2) is 7.06. The smallest absolute Gasteiger partial charge is 0.0587 e. The molecule has 0 aliphatic heterocycles. The van der Waals surface area contributed by atoms with E-state index in [-0.39, 0.29) is 5.41 Å². The molecule has 0 bridgehead atoms. The summed E-state index contributed by atoms with van der Waals surface area (Å²) >= 11 is 0. The summed E-state index contributed by atoms with van der Waals surface area (Å²) in [5, 5.41) is 6.17. The van der Waals surface area contributed by atoms with E-state index in [1.807, 2.05) is 0 Å². The summed E-state index contributed by atoms with van der Waals surface area (Å²) in [6.45, 7) is 9.62. The van der Waals surface area contributed by atoms with E-state index in [2.05, 4.69) is 62.5 Å². The Morgan fingerprint density at radius 1 is 1.05 bits per heavy atom. The number of aryl methyl sites for hydroxylation is 1. The van der Waals surface area contributed by atoms with Crippen LogP contribution < -0.4 is 5.32 Å². The quantitative estimate of drug-likeness (QED) is 0.775. The van der Waals surface area contributed by atoms with Gasteiger partial charge in [0, 0.05) is 13.7 Å². The van der Waals surface area contributed by atoms with Crippen LogP contribution in [-0.2, 0) is 10.2 Å². The van der Waals surface area contributed by atoms with E-state index in [4.69, 9.17) is 4.74 Å². The minimum Gasteiger partial charge on any atom is -0.383 e. The van der Waals surface area contributed by atoms with Crippen molar-refractivity contribution in [1.29, 1.82) is 0 Å². The first-order valence-electron chi connectivity index (χ1n) is 7.75. The largest absolute Gasteiger partial charge is 0.383 e. The Hall–Kier alpha value is -1.38. The maximum absolute atomic E-state index is 5.07. The molecule has 0 aromatic heterocycles. The third-order valence-electron chi connectivity index (χ3n) is 4.22. The zero-order valence-corrected chi connectivity index (χ0v) is 13.7.